The largest absolute Gasteiger partial charge is 0.493 e. The van der Waals surface area contributed by atoms with Crippen molar-refractivity contribution >= 4 is 24.1 Å². The molecule has 0 unspecified atom stereocenters. The molecule has 0 bridgehead atoms. The van der Waals surface area contributed by atoms with E-state index in [0.29, 0.717) is 22.8 Å². The normalized spacial score (nSPS) is 14.9. The van der Waals surface area contributed by atoms with Crippen LogP contribution in [0, 0.1) is 13.8 Å². The van der Waals surface area contributed by atoms with E-state index in [1.165, 1.54) is 14.2 Å². The van der Waals surface area contributed by atoms with Crippen LogP contribution in [0.5, 0.6) is 11.5 Å². The maximum absolute atomic E-state index is 12.4. The van der Waals surface area contributed by atoms with E-state index in [0.717, 1.165) is 22.6 Å². The number of methoxy groups -OCH3 is 2. The van der Waals surface area contributed by atoms with Gasteiger partial charge in [-0.1, -0.05) is 24.3 Å². The van der Waals surface area contributed by atoms with Gasteiger partial charge in [0.05, 0.1) is 32.0 Å². The van der Waals surface area contributed by atoms with Gasteiger partial charge < -0.3 is 29.4 Å². The van der Waals surface area contributed by atoms with Crippen LogP contribution in [0.3, 0.4) is 0 Å². The third-order valence-electron chi connectivity index (χ3n) is 6.43. The van der Waals surface area contributed by atoms with Crippen LogP contribution in [-0.4, -0.2) is 49.5 Å². The molecule has 11 heteroatoms. The third-order valence-corrected chi connectivity index (χ3v) is 6.43. The molecule has 0 saturated carbocycles. The van der Waals surface area contributed by atoms with Crippen molar-refractivity contribution in [3.05, 3.63) is 88.4 Å². The summed E-state index contributed by atoms with van der Waals surface area (Å²) < 4.78 is 18.1. The molecule has 40 heavy (non-hydrogen) atoms. The summed E-state index contributed by atoms with van der Waals surface area (Å²) in [7, 11) is 2.72. The number of ether oxygens (including phenoxy) is 3. The smallest absolute Gasteiger partial charge is 0.337 e. The molecule has 2 aromatic carbocycles. The number of nitrogens with one attached hydrogen (secondary N) is 3. The fraction of sp³-hybridized carbons (Fsp3) is 0.241. The molecule has 1 aromatic heterocycles. The first-order valence-corrected chi connectivity index (χ1v) is 12.5. The van der Waals surface area contributed by atoms with Crippen LogP contribution >= 0.6 is 0 Å². The lowest BCUT2D eigenvalue weighted by Gasteiger charge is -2.28. The second-order valence-electron chi connectivity index (χ2n) is 9.05. The van der Waals surface area contributed by atoms with Gasteiger partial charge in [0.15, 0.2) is 18.1 Å². The lowest BCUT2D eigenvalue weighted by atomic mass is 9.95. The molecule has 3 aromatic rings. The molecule has 0 saturated heterocycles. The van der Waals surface area contributed by atoms with Gasteiger partial charge in [-0.3, -0.25) is 4.79 Å². The molecule has 3 amide bonds. The molecular formula is C29H31N5O6. The van der Waals surface area contributed by atoms with Crippen LogP contribution in [-0.2, 0) is 14.3 Å². The number of para-hydroxylation sites is 1. The molecule has 3 N–H and O–H groups in total. The summed E-state index contributed by atoms with van der Waals surface area (Å²) in [5.74, 6) is -0.418. The van der Waals surface area contributed by atoms with E-state index in [9.17, 15) is 14.4 Å². The summed E-state index contributed by atoms with van der Waals surface area (Å²) in [6.45, 7) is 5.31. The van der Waals surface area contributed by atoms with Crippen LogP contribution in [0.4, 0.5) is 4.79 Å². The molecule has 0 spiro atoms. The Morgan fingerprint density at radius 2 is 1.80 bits per heavy atom. The van der Waals surface area contributed by atoms with E-state index in [-0.39, 0.29) is 12.2 Å². The van der Waals surface area contributed by atoms with Gasteiger partial charge in [0.25, 0.3) is 5.91 Å². The maximum atomic E-state index is 12.4. The third kappa shape index (κ3) is 5.98. The van der Waals surface area contributed by atoms with Crippen molar-refractivity contribution in [1.82, 2.24) is 20.6 Å². The Bertz CT molecular complexity index is 1490. The highest BCUT2D eigenvalue weighted by Gasteiger charge is 2.32. The number of carbonyl (C=O) groups is 3. The molecule has 0 aliphatic carbocycles. The zero-order valence-corrected chi connectivity index (χ0v) is 22.9. The average Bonchev–Trinajstić information content (AvgIpc) is 3.23. The molecule has 4 rings (SSSR count). The topological polar surface area (TPSA) is 132 Å². The van der Waals surface area contributed by atoms with Gasteiger partial charge in [-0.25, -0.2) is 15.0 Å². The first-order valence-electron chi connectivity index (χ1n) is 12.5. The van der Waals surface area contributed by atoms with Crippen molar-refractivity contribution in [2.45, 2.75) is 26.8 Å². The van der Waals surface area contributed by atoms with E-state index in [1.54, 1.807) is 31.3 Å². The highest BCUT2D eigenvalue weighted by Crippen LogP contribution is 2.34. The van der Waals surface area contributed by atoms with Crippen LogP contribution in [0.25, 0.3) is 5.69 Å². The Kier molecular flexibility index (Phi) is 8.53. The number of allylic oxidation sites excluding steroid dienone is 1. The van der Waals surface area contributed by atoms with Gasteiger partial charge in [0, 0.05) is 28.3 Å². The molecule has 11 nitrogen and oxygen atoms in total. The zero-order valence-electron chi connectivity index (χ0n) is 22.9. The number of amides is 3. The van der Waals surface area contributed by atoms with Crippen molar-refractivity contribution in [2.24, 2.45) is 5.10 Å². The second-order valence-corrected chi connectivity index (χ2v) is 9.05. The lowest BCUT2D eigenvalue weighted by Crippen LogP contribution is -2.45. The summed E-state index contributed by atoms with van der Waals surface area (Å²) in [6, 6.07) is 15.7. The Morgan fingerprint density at radius 3 is 2.50 bits per heavy atom. The van der Waals surface area contributed by atoms with Crippen LogP contribution in [0.15, 0.2) is 71.0 Å². The molecule has 208 valence electrons. The Hall–Kier alpha value is -5.06. The molecule has 1 aliphatic rings. The molecule has 2 heterocycles. The fourth-order valence-electron chi connectivity index (χ4n) is 4.55. The number of benzene rings is 2. The van der Waals surface area contributed by atoms with E-state index in [4.69, 9.17) is 14.2 Å². The first kappa shape index (κ1) is 28.0. The maximum Gasteiger partial charge on any atom is 0.337 e. The minimum Gasteiger partial charge on any atom is -0.493 e. The first-order chi connectivity index (χ1) is 19.2. The number of urea groups is 1. The molecule has 0 fully saturated rings. The number of esters is 1. The van der Waals surface area contributed by atoms with Gasteiger partial charge in [0.1, 0.15) is 0 Å². The van der Waals surface area contributed by atoms with E-state index in [2.05, 4.69) is 25.7 Å². The van der Waals surface area contributed by atoms with E-state index in [1.807, 2.05) is 50.2 Å². The summed E-state index contributed by atoms with van der Waals surface area (Å²) in [4.78, 5) is 36.8. The van der Waals surface area contributed by atoms with E-state index >= 15 is 0 Å². The van der Waals surface area contributed by atoms with Crippen LogP contribution in [0.1, 0.15) is 35.5 Å². The van der Waals surface area contributed by atoms with Gasteiger partial charge >= 0.3 is 12.0 Å². The number of nitrogens with zero attached hydrogens (tertiary/aromatic N) is 2. The van der Waals surface area contributed by atoms with Crippen molar-refractivity contribution in [2.75, 3.05) is 20.8 Å². The van der Waals surface area contributed by atoms with Gasteiger partial charge in [-0.2, -0.15) is 5.10 Å². The predicted octanol–water partition coefficient (Wildman–Crippen LogP) is 3.43. The number of hydrogen-bond donors (Lipinski definition) is 3. The summed E-state index contributed by atoms with van der Waals surface area (Å²) in [6.07, 6.45) is 1.59. The highest BCUT2D eigenvalue weighted by atomic mass is 16.5. The highest BCUT2D eigenvalue weighted by molar-refractivity contribution is 5.95. The summed E-state index contributed by atoms with van der Waals surface area (Å²) in [5.41, 5.74) is 7.66. The fourth-order valence-corrected chi connectivity index (χ4v) is 4.55. The SMILES string of the molecule is COC(=O)C1=C(C)NC(=O)N[C@@H]1c1ccc(OCC(=O)N/N=C\c2cc(C)n(-c3ccccc3)c2C)c(OC)c1. The Morgan fingerprint density at radius 1 is 1.05 bits per heavy atom. The van der Waals surface area contributed by atoms with Gasteiger partial charge in [0.2, 0.25) is 0 Å². The van der Waals surface area contributed by atoms with Crippen LogP contribution < -0.4 is 25.5 Å². The van der Waals surface area contributed by atoms with Gasteiger partial charge in [-0.05, 0) is 56.7 Å². The molecule has 1 atom stereocenters. The Labute approximate surface area is 231 Å². The van der Waals surface area contributed by atoms with E-state index < -0.39 is 23.9 Å². The average molecular weight is 546 g/mol. The minimum absolute atomic E-state index is 0.264. The molecular weight excluding hydrogens is 514 g/mol. The van der Waals surface area contributed by atoms with Crippen molar-refractivity contribution in [3.8, 4) is 17.2 Å². The standard InChI is InChI=1S/C29H31N5O6/c1-17-13-21(19(3)34(17)22-9-7-6-8-10-22)15-30-33-25(35)16-40-23-12-11-20(14-24(23)38-4)27-26(28(36)39-5)18(2)31-29(37)32-27/h6-15,27H,16H2,1-5H3,(H,33,35)(H2,31,32,37)/b30-15-/t27-/m1/s1. The molecule has 1 aliphatic heterocycles. The monoisotopic (exact) mass is 545 g/mol. The van der Waals surface area contributed by atoms with Crippen molar-refractivity contribution in [3.63, 3.8) is 0 Å². The number of rotatable bonds is 9. The zero-order chi connectivity index (χ0) is 28.8. The quantitative estimate of drug-likeness (QED) is 0.214. The number of hydrogen-bond acceptors (Lipinski definition) is 7. The van der Waals surface area contributed by atoms with Crippen LogP contribution in [0.2, 0.25) is 0 Å². The Balaban J connectivity index is 1.41. The number of carbonyl (C=O) groups excluding carboxylic acids is 3. The minimum atomic E-state index is -0.759. The van der Waals surface area contributed by atoms with Gasteiger partial charge in [-0.15, -0.1) is 0 Å². The van der Waals surface area contributed by atoms with Crippen molar-refractivity contribution in [1.29, 1.82) is 0 Å². The summed E-state index contributed by atoms with van der Waals surface area (Å²) >= 11 is 0. The number of hydrazone groups is 1. The number of aromatic nitrogens is 1. The second kappa shape index (κ2) is 12.2. The molecule has 0 radical (unpaired) electrons. The lowest BCUT2D eigenvalue weighted by molar-refractivity contribution is -0.136. The summed E-state index contributed by atoms with van der Waals surface area (Å²) in [5, 5.41) is 9.38. The van der Waals surface area contributed by atoms with Crippen molar-refractivity contribution < 1.29 is 28.6 Å². The predicted molar refractivity (Wildman–Crippen MR) is 149 cm³/mol. The number of aryl methyl sites for hydroxylation is 1.